The Hall–Kier alpha value is -8.46. The van der Waals surface area contributed by atoms with Crippen molar-refractivity contribution in [2.24, 2.45) is 17.6 Å². The molecule has 0 aliphatic carbocycles. The van der Waals surface area contributed by atoms with Crippen molar-refractivity contribution in [2.45, 2.75) is 139 Å². The lowest BCUT2D eigenvalue weighted by molar-refractivity contribution is -0.171. The van der Waals surface area contributed by atoms with Crippen LogP contribution in [0.4, 0.5) is 9.59 Å². The minimum absolute atomic E-state index is 0.00384. The number of carbonyl (C=O) groups is 13. The minimum atomic E-state index is -2.46. The van der Waals surface area contributed by atoms with E-state index in [1.54, 1.807) is 13.8 Å². The van der Waals surface area contributed by atoms with Gasteiger partial charge in [-0.05, 0) is 36.5 Å². The highest BCUT2D eigenvalue weighted by Crippen LogP contribution is 2.30. The molecule has 11 atom stereocenters. The Balaban J connectivity index is 1.32. The molecular formula is C50H69N13O19S. The number of unbranched alkanes of at least 4 members (excludes halogenated alkanes) is 3. The van der Waals surface area contributed by atoms with Gasteiger partial charge in [-0.15, -0.1) is 5.06 Å². The Morgan fingerprint density at radius 3 is 2.07 bits per heavy atom. The Bertz CT molecular complexity index is 2870. The number of aliphatic hydroxyl groups excluding tert-OH is 2. The lowest BCUT2D eigenvalue weighted by Crippen LogP contribution is -2.62. The summed E-state index contributed by atoms with van der Waals surface area (Å²) in [5.41, 5.74) is 5.67. The van der Waals surface area contributed by atoms with Gasteiger partial charge in [-0.3, -0.25) is 56.9 Å². The second kappa shape index (κ2) is 29.0. The number of aromatic hydroxyl groups is 1. The van der Waals surface area contributed by atoms with Crippen LogP contribution < -0.4 is 53.6 Å². The van der Waals surface area contributed by atoms with E-state index < -0.39 is 193 Å². The van der Waals surface area contributed by atoms with Gasteiger partial charge in [0.2, 0.25) is 59.5 Å². The Morgan fingerprint density at radius 1 is 0.783 bits per heavy atom. The summed E-state index contributed by atoms with van der Waals surface area (Å²) in [6.07, 6.45) is -5.86. The van der Waals surface area contributed by atoms with Gasteiger partial charge in [0.05, 0.1) is 47.7 Å². The molecule has 4 aliphatic heterocycles. The van der Waals surface area contributed by atoms with Crippen LogP contribution in [0.1, 0.15) is 84.1 Å². The number of nitrogens with two attached hydrogens (primary N) is 1. The third kappa shape index (κ3) is 17.1. The summed E-state index contributed by atoms with van der Waals surface area (Å²) in [6.45, 7) is 2.42. The van der Waals surface area contributed by atoms with Gasteiger partial charge >= 0.3 is 12.2 Å². The fourth-order valence-corrected chi connectivity index (χ4v) is 10.9. The second-order valence-electron chi connectivity index (χ2n) is 20.4. The van der Waals surface area contributed by atoms with E-state index in [-0.39, 0.29) is 53.2 Å². The van der Waals surface area contributed by atoms with E-state index in [4.69, 9.17) is 15.3 Å². The topological polar surface area (TPSA) is 475 Å². The van der Waals surface area contributed by atoms with Gasteiger partial charge in [0, 0.05) is 62.7 Å². The maximum absolute atomic E-state index is 14.9. The summed E-state index contributed by atoms with van der Waals surface area (Å²) in [5.74, 6) is -14.4. The van der Waals surface area contributed by atoms with Gasteiger partial charge in [-0.2, -0.15) is 0 Å². The number of carbonyl (C=O) groups excluding carboxylic acids is 13. The Morgan fingerprint density at radius 2 is 1.42 bits per heavy atom. The van der Waals surface area contributed by atoms with E-state index in [0.717, 1.165) is 4.90 Å². The van der Waals surface area contributed by atoms with Crippen molar-refractivity contribution in [1.29, 1.82) is 0 Å². The molecule has 0 radical (unpaired) electrons. The van der Waals surface area contributed by atoms with Crippen molar-refractivity contribution >= 4 is 98.9 Å². The zero-order valence-corrected chi connectivity index (χ0v) is 46.4. The number of phenolic OH excluding ortho intramolecular Hbond substituents is 1. The highest BCUT2D eigenvalue weighted by molar-refractivity contribution is 7.85. The fraction of sp³-hybridized carbons (Fsp3) is 0.580. The van der Waals surface area contributed by atoms with Crippen molar-refractivity contribution in [3.63, 3.8) is 0 Å². The Kier molecular flexibility index (Phi) is 22.3. The first-order valence-corrected chi connectivity index (χ1v) is 28.2. The van der Waals surface area contributed by atoms with Crippen molar-refractivity contribution in [3.8, 4) is 5.75 Å². The molecule has 32 nitrogen and oxygen atoms in total. The monoisotopic (exact) mass is 1190 g/mol. The fourth-order valence-electron chi connectivity index (χ4n) is 9.49. The van der Waals surface area contributed by atoms with Crippen molar-refractivity contribution in [2.75, 3.05) is 38.5 Å². The van der Waals surface area contributed by atoms with E-state index in [1.807, 2.05) is 0 Å². The molecule has 33 heteroatoms. The molecule has 0 saturated carbocycles. The molecule has 2 aromatic rings. The zero-order valence-electron chi connectivity index (χ0n) is 45.6. The lowest BCUT2D eigenvalue weighted by Gasteiger charge is -2.32. The quantitative estimate of drug-likeness (QED) is 0.0452. The number of ether oxygens (including phenoxy) is 1. The first-order chi connectivity index (χ1) is 39.3. The summed E-state index contributed by atoms with van der Waals surface area (Å²) < 4.78 is 20.0. The van der Waals surface area contributed by atoms with Crippen LogP contribution in [0.5, 0.6) is 5.75 Å². The third-order valence-corrected chi connectivity index (χ3v) is 15.7. The van der Waals surface area contributed by atoms with E-state index in [9.17, 15) is 81.9 Å². The van der Waals surface area contributed by atoms with E-state index in [0.29, 0.717) is 37.2 Å². The molecule has 11 unspecified atom stereocenters. The molecule has 1 aromatic heterocycles. The largest absolute Gasteiger partial charge is 0.508 e. The first-order valence-electron chi connectivity index (χ1n) is 26.8. The average molecular weight is 1190 g/mol. The van der Waals surface area contributed by atoms with Gasteiger partial charge in [-0.1, -0.05) is 40.0 Å². The number of aromatic nitrogens is 1. The summed E-state index contributed by atoms with van der Waals surface area (Å²) >= 11 is 0. The highest BCUT2D eigenvalue weighted by Gasteiger charge is 2.46. The summed E-state index contributed by atoms with van der Waals surface area (Å²) in [6, 6.07) is -6.77. The van der Waals surface area contributed by atoms with E-state index >= 15 is 0 Å². The Labute approximate surface area is 475 Å². The molecular weight excluding hydrogens is 1120 g/mol. The molecule has 5 heterocycles. The average Bonchev–Trinajstić information content (AvgIpc) is 4.33. The molecule has 0 spiro atoms. The molecule has 13 amide bonds. The van der Waals surface area contributed by atoms with Crippen LogP contribution >= 0.6 is 0 Å². The number of fused-ring (bicyclic) bond motifs is 5. The van der Waals surface area contributed by atoms with Gasteiger partial charge < -0.3 is 88.4 Å². The SMILES string of the molecule is CCC(C)C1NC(=O)CNC(=O)C2Cc3c([nH]c4cc(O)ccc34)S(=O)CC(NC(=O)CNC1=O)C(=O)NC(CC(N)=O)C(=O)N1CC(O)CC1C(=O)NC(C(C)C(O)OC(=O)NCCCCCCNC(=O)ON1C(=O)CCC1=O)C(=O)N2. The summed E-state index contributed by atoms with van der Waals surface area (Å²) in [7, 11) is -2.46. The molecule has 2 fully saturated rings. The summed E-state index contributed by atoms with van der Waals surface area (Å²) in [4.78, 5) is 183. The smallest absolute Gasteiger partial charge is 0.432 e. The molecule has 6 rings (SSSR count). The van der Waals surface area contributed by atoms with E-state index in [1.165, 1.54) is 25.1 Å². The number of benzene rings is 1. The van der Waals surface area contributed by atoms with Crippen LogP contribution in [0.15, 0.2) is 23.2 Å². The minimum Gasteiger partial charge on any atom is -0.508 e. The predicted octanol–water partition coefficient (Wildman–Crippen LogP) is -4.88. The van der Waals surface area contributed by atoms with Crippen LogP contribution in [-0.4, -0.2) is 199 Å². The number of aliphatic hydroxyl groups is 2. The van der Waals surface area contributed by atoms with Gasteiger partial charge in [0.25, 0.3) is 11.8 Å². The number of alkyl carbamates (subject to hydrolysis) is 1. The van der Waals surface area contributed by atoms with Crippen molar-refractivity contribution < 1.29 is 91.4 Å². The number of hydrogen-bond acceptors (Lipinski definition) is 19. The zero-order chi connectivity index (χ0) is 60.8. The molecule has 2 bridgehead atoms. The predicted molar refractivity (Wildman–Crippen MR) is 284 cm³/mol. The summed E-state index contributed by atoms with van der Waals surface area (Å²) in [5, 5.41) is 55.0. The number of nitrogens with zero attached hydrogens (tertiary/aromatic N) is 2. The highest BCUT2D eigenvalue weighted by atomic mass is 32.2. The maximum atomic E-state index is 14.9. The number of aromatic amines is 1. The van der Waals surface area contributed by atoms with Gasteiger partial charge in [-0.25, -0.2) is 9.59 Å². The van der Waals surface area contributed by atoms with Crippen LogP contribution in [0, 0.1) is 11.8 Å². The lowest BCUT2D eigenvalue weighted by atomic mass is 9.97. The molecule has 2 saturated heterocycles. The molecule has 454 valence electrons. The third-order valence-electron chi connectivity index (χ3n) is 14.2. The molecule has 83 heavy (non-hydrogen) atoms. The van der Waals surface area contributed by atoms with E-state index in [2.05, 4.69) is 52.8 Å². The number of hydrogen-bond donors (Lipinski definition) is 14. The molecule has 4 aliphatic rings. The maximum Gasteiger partial charge on any atom is 0.432 e. The van der Waals surface area contributed by atoms with Crippen LogP contribution in [0.2, 0.25) is 0 Å². The number of rotatable bonds is 15. The number of primary amides is 1. The van der Waals surface area contributed by atoms with Gasteiger partial charge in [0.15, 0.2) is 0 Å². The number of phenols is 1. The van der Waals surface area contributed by atoms with Crippen LogP contribution in [0.3, 0.4) is 0 Å². The molecule has 15 N–H and O–H groups in total. The number of nitrogens with one attached hydrogen (secondary N) is 10. The van der Waals surface area contributed by atoms with Gasteiger partial charge in [0.1, 0.15) is 47.0 Å². The van der Waals surface area contributed by atoms with Crippen LogP contribution in [-0.2, 0) is 79.5 Å². The number of H-pyrrole nitrogens is 1. The second-order valence-corrected chi connectivity index (χ2v) is 21.9. The number of hydroxylamine groups is 2. The van der Waals surface area contributed by atoms with Crippen LogP contribution in [0.25, 0.3) is 10.9 Å². The number of imide groups is 1. The van der Waals surface area contributed by atoms with Crippen molar-refractivity contribution in [3.05, 3.63) is 23.8 Å². The number of amides is 13. The first kappa shape index (κ1) is 63.7. The normalized spacial score (nSPS) is 25.5. The van der Waals surface area contributed by atoms with Crippen molar-refractivity contribution in [1.82, 2.24) is 62.8 Å². The molecule has 1 aromatic carbocycles. The standard InChI is InChI=1S/C50H69N13O19S/c1-4-23(2)39-44(74)55-19-35(67)56-32-22-83(80)46-28(27-10-9-25(64)15-29(27)59-46)17-30(41(71)54-20-36(68)60-39)57-45(75)40(61-43(73)33-16-26(65)21-62(33)47(76)31(18-34(51)66)58-42(32)72)24(3)48(77)81-49(78)52-13-7-5-6-8-14-53-50(79)82-63-37(69)11-12-38(63)70/h9-10,15,23-24,26,30-33,39-40,48,59,64-65,77H,4-8,11-14,16-22H2,1-3H3,(H2,51,66)(H,52,78)(H,53,79)(H,54,71)(H,55,74)(H,56,67)(H,57,75)(H,58,72)(H,60,68)(H,61,73).